The van der Waals surface area contributed by atoms with Crippen LogP contribution in [0.5, 0.6) is 0 Å². The van der Waals surface area contributed by atoms with Gasteiger partial charge in [-0.05, 0) is 0 Å². The van der Waals surface area contributed by atoms with Crippen LogP contribution >= 0.6 is 0 Å². The lowest BCUT2D eigenvalue weighted by Crippen LogP contribution is -2.45. The molecule has 8 nitrogen and oxygen atoms in total. The van der Waals surface area contributed by atoms with Crippen LogP contribution in [-0.4, -0.2) is 40.9 Å². The van der Waals surface area contributed by atoms with Gasteiger partial charge in [-0.15, -0.1) is 4.31 Å². The smallest absolute Gasteiger partial charge is 0.370 e. The van der Waals surface area contributed by atoms with Gasteiger partial charge in [-0.25, -0.2) is 4.79 Å². The number of carbonyl (C=O) groups excluding carboxylic acids is 2. The molecule has 0 fully saturated rings. The number of rotatable bonds is 2. The first kappa shape index (κ1) is 10.8. The van der Waals surface area contributed by atoms with E-state index in [1.165, 1.54) is 0 Å². The van der Waals surface area contributed by atoms with Crippen LogP contribution in [0.3, 0.4) is 0 Å². The van der Waals surface area contributed by atoms with Crippen LogP contribution in [0.15, 0.2) is 0 Å². The van der Waals surface area contributed by atoms with Crippen molar-refractivity contribution in [2.45, 2.75) is 0 Å². The Kier molecular flexibility index (Phi) is 3.13. The van der Waals surface area contributed by atoms with Crippen molar-refractivity contribution in [3.05, 3.63) is 0 Å². The van der Waals surface area contributed by atoms with Crippen LogP contribution in [0.4, 0.5) is 4.79 Å². The van der Waals surface area contributed by atoms with E-state index >= 15 is 0 Å². The van der Waals surface area contributed by atoms with Crippen molar-refractivity contribution in [2.75, 3.05) is 6.61 Å². The number of imide groups is 1. The average molecular weight is 198 g/mol. The fourth-order valence-electron chi connectivity index (χ4n) is 0.429. The van der Waals surface area contributed by atoms with Gasteiger partial charge in [-0.2, -0.15) is 8.42 Å². The van der Waals surface area contributed by atoms with Gasteiger partial charge in [0.1, 0.15) is 6.61 Å². The third-order valence-electron chi connectivity index (χ3n) is 0.793. The molecule has 0 saturated carbocycles. The van der Waals surface area contributed by atoms with E-state index in [2.05, 4.69) is 5.73 Å². The molecule has 0 radical (unpaired) electrons. The summed E-state index contributed by atoms with van der Waals surface area (Å²) < 4.78 is 28.0. The Balaban J connectivity index is 4.95. The van der Waals surface area contributed by atoms with Crippen molar-refractivity contribution in [3.63, 3.8) is 0 Å². The lowest BCUT2D eigenvalue weighted by molar-refractivity contribution is -0.127. The highest BCUT2D eigenvalue weighted by Gasteiger charge is 2.29. The van der Waals surface area contributed by atoms with Gasteiger partial charge in [0.05, 0.1) is 0 Å². The fourth-order valence-corrected chi connectivity index (χ4v) is 0.972. The van der Waals surface area contributed by atoms with Crippen molar-refractivity contribution in [2.24, 2.45) is 5.73 Å². The Hall–Kier alpha value is -1.19. The number of amides is 3. The molecule has 9 heteroatoms. The molecule has 0 aliphatic heterocycles. The summed E-state index contributed by atoms with van der Waals surface area (Å²) in [7, 11) is -5.03. The van der Waals surface area contributed by atoms with Gasteiger partial charge >= 0.3 is 16.3 Å². The molecule has 0 saturated heterocycles. The number of primary amides is 1. The minimum atomic E-state index is -5.03. The maximum Gasteiger partial charge on any atom is 0.370 e. The Morgan fingerprint density at radius 1 is 1.42 bits per heavy atom. The second kappa shape index (κ2) is 3.47. The van der Waals surface area contributed by atoms with Crippen LogP contribution < -0.4 is 5.73 Å². The van der Waals surface area contributed by atoms with Crippen LogP contribution in [-0.2, 0) is 15.1 Å². The third kappa shape index (κ3) is 2.45. The largest absolute Gasteiger partial charge is 0.386 e. The van der Waals surface area contributed by atoms with Crippen LogP contribution in [0.25, 0.3) is 0 Å². The summed E-state index contributed by atoms with van der Waals surface area (Å²) in [5.41, 5.74) is 4.42. The predicted molar refractivity (Wildman–Crippen MR) is 35.1 cm³/mol. The molecule has 0 rings (SSSR count). The summed E-state index contributed by atoms with van der Waals surface area (Å²) >= 11 is 0. The van der Waals surface area contributed by atoms with Crippen molar-refractivity contribution in [3.8, 4) is 0 Å². The molecule has 0 aliphatic rings. The Morgan fingerprint density at radius 3 is 1.92 bits per heavy atom. The van der Waals surface area contributed by atoms with Crippen molar-refractivity contribution < 1.29 is 27.7 Å². The maximum absolute atomic E-state index is 10.4. The van der Waals surface area contributed by atoms with E-state index in [9.17, 15) is 18.0 Å². The number of nitrogens with two attached hydrogens (primary N) is 1. The summed E-state index contributed by atoms with van der Waals surface area (Å²) in [6.45, 7) is -1.25. The van der Waals surface area contributed by atoms with Crippen LogP contribution in [0.1, 0.15) is 0 Å². The number of hydrogen-bond donors (Lipinski definition) is 3. The second-order valence-corrected chi connectivity index (χ2v) is 2.89. The SMILES string of the molecule is NC(=O)N(C(=O)CO)S(=O)(=O)O. The Morgan fingerprint density at radius 2 is 1.83 bits per heavy atom. The van der Waals surface area contributed by atoms with E-state index in [0.29, 0.717) is 0 Å². The lowest BCUT2D eigenvalue weighted by atomic mass is 10.6. The summed E-state index contributed by atoms with van der Waals surface area (Å²) in [6, 6.07) is -1.68. The van der Waals surface area contributed by atoms with E-state index in [1.54, 1.807) is 0 Å². The molecule has 0 spiro atoms. The van der Waals surface area contributed by atoms with E-state index in [4.69, 9.17) is 9.66 Å². The number of carbonyl (C=O) groups is 2. The minimum absolute atomic E-state index is 0.646. The first-order chi connectivity index (χ1) is 5.30. The zero-order valence-electron chi connectivity index (χ0n) is 5.67. The molecule has 0 aromatic heterocycles. The van der Waals surface area contributed by atoms with Crippen molar-refractivity contribution >= 4 is 22.2 Å². The fraction of sp³-hybridized carbons (Fsp3) is 0.333. The van der Waals surface area contributed by atoms with Gasteiger partial charge in [0.2, 0.25) is 0 Å². The molecule has 0 heterocycles. The zero-order chi connectivity index (χ0) is 9.94. The van der Waals surface area contributed by atoms with E-state index in [-0.39, 0.29) is 0 Å². The molecular formula is C3H6N2O6S. The van der Waals surface area contributed by atoms with Gasteiger partial charge in [-0.1, -0.05) is 0 Å². The molecule has 0 aromatic carbocycles. The van der Waals surface area contributed by atoms with E-state index in [0.717, 1.165) is 0 Å². The quantitative estimate of drug-likeness (QED) is 0.426. The molecule has 12 heavy (non-hydrogen) atoms. The first-order valence-electron chi connectivity index (χ1n) is 2.51. The number of nitrogens with zero attached hydrogens (tertiary/aromatic N) is 1. The highest BCUT2D eigenvalue weighted by Crippen LogP contribution is 1.96. The highest BCUT2D eigenvalue weighted by atomic mass is 32.2. The van der Waals surface area contributed by atoms with Gasteiger partial charge in [0, 0.05) is 0 Å². The molecule has 70 valence electrons. The summed E-state index contributed by atoms with van der Waals surface area (Å²) in [5.74, 6) is -1.52. The van der Waals surface area contributed by atoms with Gasteiger partial charge in [-0.3, -0.25) is 9.35 Å². The molecule has 0 unspecified atom stereocenters. The van der Waals surface area contributed by atoms with Crippen molar-refractivity contribution in [1.29, 1.82) is 0 Å². The molecule has 0 bridgehead atoms. The topological polar surface area (TPSA) is 138 Å². The molecule has 0 aliphatic carbocycles. The molecule has 3 amide bonds. The van der Waals surface area contributed by atoms with E-state index < -0.39 is 33.2 Å². The average Bonchev–Trinajstić information content (AvgIpc) is 1.83. The van der Waals surface area contributed by atoms with Gasteiger partial charge in [0.25, 0.3) is 5.91 Å². The summed E-state index contributed by atoms with van der Waals surface area (Å²) in [6.07, 6.45) is 0. The second-order valence-electron chi connectivity index (χ2n) is 1.63. The molecule has 4 N–H and O–H groups in total. The monoisotopic (exact) mass is 198 g/mol. The zero-order valence-corrected chi connectivity index (χ0v) is 6.48. The van der Waals surface area contributed by atoms with Crippen molar-refractivity contribution in [1.82, 2.24) is 4.31 Å². The molecule has 0 atom stereocenters. The normalized spacial score (nSPS) is 10.8. The van der Waals surface area contributed by atoms with E-state index in [1.807, 2.05) is 0 Å². The molecule has 0 aromatic rings. The Labute approximate surface area is 67.5 Å². The minimum Gasteiger partial charge on any atom is -0.386 e. The number of aliphatic hydroxyl groups excluding tert-OH is 1. The van der Waals surface area contributed by atoms with Gasteiger partial charge < -0.3 is 10.8 Å². The summed E-state index contributed by atoms with van der Waals surface area (Å²) in [4.78, 5) is 20.7. The first-order valence-corrected chi connectivity index (χ1v) is 3.91. The summed E-state index contributed by atoms with van der Waals surface area (Å²) in [5, 5.41) is 8.14. The number of aliphatic hydroxyl groups is 1. The third-order valence-corrected chi connectivity index (χ3v) is 1.64. The lowest BCUT2D eigenvalue weighted by Gasteiger charge is -2.11. The number of hydrogen-bond acceptors (Lipinski definition) is 5. The number of urea groups is 1. The Bertz CT molecular complexity index is 294. The predicted octanol–water partition coefficient (Wildman–Crippen LogP) is -2.31. The van der Waals surface area contributed by atoms with Gasteiger partial charge in [0.15, 0.2) is 0 Å². The van der Waals surface area contributed by atoms with Crippen LogP contribution in [0.2, 0.25) is 0 Å². The highest BCUT2D eigenvalue weighted by molar-refractivity contribution is 7.84. The standard InChI is InChI=1S/C3H6N2O6S/c4-3(8)5(2(7)1-6)12(9,10)11/h6H,1H2,(H2,4,8)(H,9,10,11). The molecular weight excluding hydrogens is 192 g/mol. The van der Waals surface area contributed by atoms with Crippen LogP contribution in [0, 0.1) is 0 Å². The maximum atomic E-state index is 10.4.